The fraction of sp³-hybridized carbons (Fsp3) is 0.533. The van der Waals surface area contributed by atoms with Gasteiger partial charge in [-0.25, -0.2) is 4.79 Å². The summed E-state index contributed by atoms with van der Waals surface area (Å²) in [7, 11) is 0. The molecule has 1 aromatic rings. The maximum absolute atomic E-state index is 12.5. The van der Waals surface area contributed by atoms with Crippen molar-refractivity contribution in [2.45, 2.75) is 24.9 Å². The maximum atomic E-state index is 12.5. The Hall–Kier alpha value is -1.93. The number of nitrogens with zero attached hydrogens (tertiary/aromatic N) is 2. The van der Waals surface area contributed by atoms with Gasteiger partial charge in [0.25, 0.3) is 5.91 Å². The molecule has 4 heterocycles. The molecule has 2 fully saturated rings. The topological polar surface area (TPSA) is 81.8 Å². The first kappa shape index (κ1) is 14.6. The smallest absolute Gasteiger partial charge is 0.322 e. The van der Waals surface area contributed by atoms with Gasteiger partial charge in [0.1, 0.15) is 5.54 Å². The van der Waals surface area contributed by atoms with Gasteiger partial charge >= 0.3 is 6.03 Å². The van der Waals surface area contributed by atoms with Crippen LogP contribution in [-0.4, -0.2) is 59.4 Å². The van der Waals surface area contributed by atoms with E-state index in [0.717, 1.165) is 19.5 Å². The predicted octanol–water partition coefficient (Wildman–Crippen LogP) is -0.0833. The SMILES string of the molecule is O=C1NC(=O)[C@@]2(CCN(C(=O)CN3CCc4sccc4C3)C2)N1. The second-order valence-corrected chi connectivity index (χ2v) is 7.39. The number of rotatable bonds is 2. The van der Waals surface area contributed by atoms with Crippen LogP contribution >= 0.6 is 11.3 Å². The fourth-order valence-corrected chi connectivity index (χ4v) is 4.46. The first-order chi connectivity index (χ1) is 11.1. The Morgan fingerprint density at radius 2 is 2.22 bits per heavy atom. The number of hydrogen-bond acceptors (Lipinski definition) is 5. The number of amides is 4. The number of nitrogens with one attached hydrogen (secondary N) is 2. The highest BCUT2D eigenvalue weighted by Gasteiger charge is 2.51. The highest BCUT2D eigenvalue weighted by Crippen LogP contribution is 2.26. The summed E-state index contributed by atoms with van der Waals surface area (Å²) < 4.78 is 0. The molecule has 1 atom stereocenters. The Morgan fingerprint density at radius 3 is 3.00 bits per heavy atom. The van der Waals surface area contributed by atoms with Crippen molar-refractivity contribution in [3.63, 3.8) is 0 Å². The van der Waals surface area contributed by atoms with Crippen LogP contribution in [0.3, 0.4) is 0 Å². The number of carbonyl (C=O) groups is 3. The lowest BCUT2D eigenvalue weighted by Crippen LogP contribution is -2.50. The molecule has 0 bridgehead atoms. The summed E-state index contributed by atoms with van der Waals surface area (Å²) in [4.78, 5) is 41.1. The number of carbonyl (C=O) groups excluding carboxylic acids is 3. The van der Waals surface area contributed by atoms with E-state index in [1.54, 1.807) is 16.2 Å². The average Bonchev–Trinajstić information content (AvgIpc) is 3.19. The van der Waals surface area contributed by atoms with Crippen LogP contribution in [0.5, 0.6) is 0 Å². The van der Waals surface area contributed by atoms with Crippen molar-refractivity contribution in [2.24, 2.45) is 0 Å². The van der Waals surface area contributed by atoms with Crippen LogP contribution in [-0.2, 0) is 22.6 Å². The van der Waals surface area contributed by atoms with Crippen LogP contribution < -0.4 is 10.6 Å². The van der Waals surface area contributed by atoms with Crippen LogP contribution in [0, 0.1) is 0 Å². The van der Waals surface area contributed by atoms with Crippen LogP contribution in [0.2, 0.25) is 0 Å². The van der Waals surface area contributed by atoms with Crippen molar-refractivity contribution in [1.82, 2.24) is 20.4 Å². The molecular weight excluding hydrogens is 316 g/mol. The van der Waals surface area contributed by atoms with Crippen molar-refractivity contribution < 1.29 is 14.4 Å². The third-order valence-corrected chi connectivity index (χ3v) is 5.91. The summed E-state index contributed by atoms with van der Waals surface area (Å²) >= 11 is 1.78. The van der Waals surface area contributed by atoms with Crippen LogP contribution in [0.15, 0.2) is 11.4 Å². The van der Waals surface area contributed by atoms with Gasteiger partial charge in [-0.05, 0) is 29.9 Å². The Labute approximate surface area is 137 Å². The normalized spacial score (nSPS) is 27.2. The van der Waals surface area contributed by atoms with Gasteiger partial charge in [0.2, 0.25) is 5.91 Å². The van der Waals surface area contributed by atoms with E-state index in [-0.39, 0.29) is 18.4 Å². The zero-order valence-electron chi connectivity index (χ0n) is 12.6. The summed E-state index contributed by atoms with van der Waals surface area (Å²) in [6.07, 6.45) is 1.47. The lowest BCUT2D eigenvalue weighted by molar-refractivity contribution is -0.132. The monoisotopic (exact) mass is 334 g/mol. The third kappa shape index (κ3) is 2.51. The molecule has 0 aromatic carbocycles. The highest BCUT2D eigenvalue weighted by atomic mass is 32.1. The van der Waals surface area contributed by atoms with Gasteiger partial charge in [-0.1, -0.05) is 0 Å². The van der Waals surface area contributed by atoms with Crippen LogP contribution in [0.1, 0.15) is 16.9 Å². The highest BCUT2D eigenvalue weighted by molar-refractivity contribution is 7.10. The number of hydrogen-bond donors (Lipinski definition) is 2. The second-order valence-electron chi connectivity index (χ2n) is 6.39. The summed E-state index contributed by atoms with van der Waals surface area (Å²) in [6, 6.07) is 1.66. The first-order valence-corrected chi connectivity index (χ1v) is 8.63. The zero-order valence-corrected chi connectivity index (χ0v) is 13.4. The molecule has 3 aliphatic rings. The van der Waals surface area contributed by atoms with E-state index in [9.17, 15) is 14.4 Å². The molecule has 0 unspecified atom stereocenters. The first-order valence-electron chi connectivity index (χ1n) is 7.75. The number of fused-ring (bicyclic) bond motifs is 1. The largest absolute Gasteiger partial charge is 0.339 e. The third-order valence-electron chi connectivity index (χ3n) is 4.88. The average molecular weight is 334 g/mol. The number of likely N-dealkylation sites (tertiary alicyclic amines) is 1. The van der Waals surface area contributed by atoms with Crippen molar-refractivity contribution in [3.8, 4) is 0 Å². The van der Waals surface area contributed by atoms with Crippen LogP contribution in [0.25, 0.3) is 0 Å². The second kappa shape index (κ2) is 5.31. The number of urea groups is 1. The van der Waals surface area contributed by atoms with E-state index in [0.29, 0.717) is 19.5 Å². The van der Waals surface area contributed by atoms with Crippen molar-refractivity contribution in [1.29, 1.82) is 0 Å². The maximum Gasteiger partial charge on any atom is 0.322 e. The molecule has 3 aliphatic heterocycles. The molecule has 0 radical (unpaired) electrons. The minimum Gasteiger partial charge on any atom is -0.339 e. The summed E-state index contributed by atoms with van der Waals surface area (Å²) in [5.74, 6) is -0.298. The molecule has 1 aromatic heterocycles. The number of thiophene rings is 1. The van der Waals surface area contributed by atoms with E-state index in [1.807, 2.05) is 0 Å². The van der Waals surface area contributed by atoms with Crippen molar-refractivity contribution >= 4 is 29.2 Å². The molecule has 7 nitrogen and oxygen atoms in total. The predicted molar refractivity (Wildman–Crippen MR) is 83.9 cm³/mol. The lowest BCUT2D eigenvalue weighted by atomic mass is 10.00. The lowest BCUT2D eigenvalue weighted by Gasteiger charge is -2.28. The zero-order chi connectivity index (χ0) is 16.0. The molecule has 4 rings (SSSR count). The van der Waals surface area contributed by atoms with E-state index in [1.165, 1.54) is 10.4 Å². The molecule has 0 aliphatic carbocycles. The molecule has 23 heavy (non-hydrogen) atoms. The van der Waals surface area contributed by atoms with E-state index in [2.05, 4.69) is 27.0 Å². The van der Waals surface area contributed by atoms with Gasteiger partial charge in [-0.2, -0.15) is 0 Å². The minimum atomic E-state index is -0.921. The van der Waals surface area contributed by atoms with E-state index >= 15 is 0 Å². The standard InChI is InChI=1S/C15H18N4O3S/c20-12(8-18-4-1-11-10(7-18)2-6-23-11)19-5-3-15(9-19)13(21)16-14(22)17-15/h2,6H,1,3-5,7-9H2,(H2,16,17,21,22)/t15-/m0/s1. The van der Waals surface area contributed by atoms with Gasteiger partial charge in [0, 0.05) is 24.5 Å². The van der Waals surface area contributed by atoms with Crippen molar-refractivity contribution in [3.05, 3.63) is 21.9 Å². The minimum absolute atomic E-state index is 0.0227. The van der Waals surface area contributed by atoms with Gasteiger partial charge in [-0.15, -0.1) is 11.3 Å². The Morgan fingerprint density at radius 1 is 1.35 bits per heavy atom. The Balaban J connectivity index is 1.38. The Bertz CT molecular complexity index is 688. The molecule has 4 amide bonds. The van der Waals surface area contributed by atoms with Gasteiger partial charge in [0.05, 0.1) is 13.1 Å². The molecular formula is C15H18N4O3S. The summed E-state index contributed by atoms with van der Waals surface area (Å²) in [5.41, 5.74) is 0.393. The molecule has 2 saturated heterocycles. The quantitative estimate of drug-likeness (QED) is 0.741. The van der Waals surface area contributed by atoms with Gasteiger partial charge in [0.15, 0.2) is 0 Å². The van der Waals surface area contributed by atoms with Crippen LogP contribution in [0.4, 0.5) is 4.79 Å². The molecule has 1 spiro atoms. The van der Waals surface area contributed by atoms with Gasteiger partial charge < -0.3 is 10.2 Å². The summed E-state index contributed by atoms with van der Waals surface area (Å²) in [6.45, 7) is 2.82. The van der Waals surface area contributed by atoms with E-state index in [4.69, 9.17) is 0 Å². The van der Waals surface area contributed by atoms with E-state index < -0.39 is 11.6 Å². The molecule has 8 heteroatoms. The molecule has 2 N–H and O–H groups in total. The number of imide groups is 1. The Kier molecular flexibility index (Phi) is 3.38. The molecule has 122 valence electrons. The summed E-state index contributed by atoms with van der Waals surface area (Å²) in [5, 5.41) is 7.03. The van der Waals surface area contributed by atoms with Crippen molar-refractivity contribution in [2.75, 3.05) is 26.2 Å². The fourth-order valence-electron chi connectivity index (χ4n) is 3.57. The van der Waals surface area contributed by atoms with Gasteiger partial charge in [-0.3, -0.25) is 19.8 Å². The molecule has 0 saturated carbocycles.